The standard InChI is InChI=1S/C25H23ClFN5O4.C20H20ClFN4O2/c1-14-17(12-35-31-14)25(33)32-8-6-15(7-9-32)36-22-10-16-20(11-21(22)34-2)28-13-29-24(16)30-19-5-3-4-18(26)23(19)27;1-27-17-10-16-13(9-18(17)28-12-5-7-23-8-6-12)20(25-11-24-16)26-15-4-2-3-14(21)19(15)22/h3-5,10-13,15H,6-9H2,1-2H3,(H,28,29,30);2-4,9-12,23H,5-8H2,1H3,(H,24,25,26). The zero-order chi connectivity index (χ0) is 44.7. The van der Waals surface area contributed by atoms with Gasteiger partial charge in [0.1, 0.15) is 48.3 Å². The third-order valence-electron chi connectivity index (χ3n) is 10.8. The molecular formula is C45H43Cl2F2N9O6. The van der Waals surface area contributed by atoms with Gasteiger partial charge in [-0.2, -0.15) is 0 Å². The predicted octanol–water partition coefficient (Wildman–Crippen LogP) is 9.46. The maximum atomic E-state index is 14.5. The second-order valence-corrected chi connectivity index (χ2v) is 15.7. The fourth-order valence-electron chi connectivity index (χ4n) is 7.40. The molecule has 0 radical (unpaired) electrons. The molecule has 2 aliphatic heterocycles. The highest BCUT2D eigenvalue weighted by molar-refractivity contribution is 6.31. The Hall–Kier alpha value is -6.56. The number of anilines is 4. The molecule has 15 nitrogen and oxygen atoms in total. The zero-order valence-electron chi connectivity index (χ0n) is 35.0. The average Bonchev–Trinajstić information content (AvgIpc) is 3.75. The Bertz CT molecular complexity index is 2790. The summed E-state index contributed by atoms with van der Waals surface area (Å²) in [5.74, 6) is 1.90. The quantitative estimate of drug-likeness (QED) is 0.112. The van der Waals surface area contributed by atoms with Crippen LogP contribution in [0.4, 0.5) is 31.8 Å². The van der Waals surface area contributed by atoms with Crippen molar-refractivity contribution in [1.29, 1.82) is 0 Å². The summed E-state index contributed by atoms with van der Waals surface area (Å²) in [5, 5.41) is 14.5. The Balaban J connectivity index is 0.000000181. The van der Waals surface area contributed by atoms with Crippen molar-refractivity contribution in [2.24, 2.45) is 0 Å². The number of hydrogen-bond donors (Lipinski definition) is 3. The summed E-state index contributed by atoms with van der Waals surface area (Å²) in [5.41, 5.74) is 2.74. The smallest absolute Gasteiger partial charge is 0.259 e. The van der Waals surface area contributed by atoms with E-state index in [-0.39, 0.29) is 39.5 Å². The van der Waals surface area contributed by atoms with Gasteiger partial charge in [-0.15, -0.1) is 0 Å². The minimum absolute atomic E-state index is 0.00747. The summed E-state index contributed by atoms with van der Waals surface area (Å²) in [6, 6.07) is 16.6. The Morgan fingerprint density at radius 2 is 1.23 bits per heavy atom. The van der Waals surface area contributed by atoms with Gasteiger partial charge < -0.3 is 44.3 Å². The lowest BCUT2D eigenvalue weighted by Gasteiger charge is -2.32. The van der Waals surface area contributed by atoms with Gasteiger partial charge in [-0.25, -0.2) is 28.7 Å². The first-order valence-electron chi connectivity index (χ1n) is 20.4. The molecule has 2 aliphatic rings. The van der Waals surface area contributed by atoms with Crippen LogP contribution < -0.4 is 34.9 Å². The molecule has 0 unspecified atom stereocenters. The first-order chi connectivity index (χ1) is 31.1. The first kappa shape index (κ1) is 44.1. The molecule has 0 bridgehead atoms. The molecule has 64 heavy (non-hydrogen) atoms. The van der Waals surface area contributed by atoms with E-state index in [0.29, 0.717) is 93.6 Å². The van der Waals surface area contributed by atoms with Crippen molar-refractivity contribution in [3.63, 3.8) is 0 Å². The molecule has 0 saturated carbocycles. The second kappa shape index (κ2) is 19.9. The summed E-state index contributed by atoms with van der Waals surface area (Å²) < 4.78 is 57.2. The van der Waals surface area contributed by atoms with Crippen LogP contribution in [-0.2, 0) is 0 Å². The third kappa shape index (κ3) is 9.81. The lowest BCUT2D eigenvalue weighted by molar-refractivity contribution is 0.0589. The Morgan fingerprint density at radius 3 is 1.70 bits per heavy atom. The van der Waals surface area contributed by atoms with Crippen molar-refractivity contribution in [3.8, 4) is 23.0 Å². The number of carbonyl (C=O) groups excluding carboxylic acids is 1. The van der Waals surface area contributed by atoms with Gasteiger partial charge in [0.25, 0.3) is 5.91 Å². The Kier molecular flexibility index (Phi) is 13.7. The number of piperidine rings is 2. The fraction of sp³-hybridized carbons (Fsp3) is 0.289. The summed E-state index contributed by atoms with van der Waals surface area (Å²) in [6.45, 7) is 4.66. The highest BCUT2D eigenvalue weighted by Gasteiger charge is 2.28. The van der Waals surface area contributed by atoms with E-state index in [1.165, 1.54) is 31.1 Å². The monoisotopic (exact) mass is 913 g/mol. The Labute approximate surface area is 376 Å². The minimum Gasteiger partial charge on any atom is -0.493 e. The number of hydrogen-bond acceptors (Lipinski definition) is 14. The van der Waals surface area contributed by atoms with Crippen LogP contribution in [-0.4, -0.2) is 88.5 Å². The second-order valence-electron chi connectivity index (χ2n) is 14.9. The Morgan fingerprint density at radius 1 is 0.734 bits per heavy atom. The molecule has 2 fully saturated rings. The third-order valence-corrected chi connectivity index (χ3v) is 11.4. The summed E-state index contributed by atoms with van der Waals surface area (Å²) in [7, 11) is 3.15. The number of rotatable bonds is 11. The average molecular weight is 915 g/mol. The molecule has 1 amide bonds. The van der Waals surface area contributed by atoms with E-state index in [1.807, 2.05) is 6.07 Å². The fourth-order valence-corrected chi connectivity index (χ4v) is 7.75. The highest BCUT2D eigenvalue weighted by atomic mass is 35.5. The summed E-state index contributed by atoms with van der Waals surface area (Å²) in [6.07, 6.45) is 7.29. The normalized spacial score (nSPS) is 14.5. The number of fused-ring (bicyclic) bond motifs is 2. The molecule has 7 aromatic rings. The van der Waals surface area contributed by atoms with E-state index in [0.717, 1.165) is 25.9 Å². The van der Waals surface area contributed by atoms with Gasteiger partial charge in [-0.1, -0.05) is 40.5 Å². The van der Waals surface area contributed by atoms with Gasteiger partial charge in [0, 0.05) is 48.8 Å². The number of aromatic nitrogens is 5. The SMILES string of the molecule is COc1cc2ncnc(Nc3cccc(Cl)c3F)c2cc1OC1CCN(C(=O)c2conc2C)CC1.COc1cc2ncnc(Nc3cccc(Cl)c3F)c2cc1OC1CCNCC1. The number of benzene rings is 4. The van der Waals surface area contributed by atoms with Crippen LogP contribution in [0.3, 0.4) is 0 Å². The van der Waals surface area contributed by atoms with E-state index in [1.54, 1.807) is 68.5 Å². The molecule has 5 heterocycles. The van der Waals surface area contributed by atoms with Gasteiger partial charge in [-0.05, 0) is 69.3 Å². The first-order valence-corrected chi connectivity index (χ1v) is 21.2. The van der Waals surface area contributed by atoms with Gasteiger partial charge in [-0.3, -0.25) is 4.79 Å². The van der Waals surface area contributed by atoms with Crippen LogP contribution in [0.5, 0.6) is 23.0 Å². The van der Waals surface area contributed by atoms with E-state index >= 15 is 0 Å². The molecule has 0 atom stereocenters. The van der Waals surface area contributed by atoms with Crippen LogP contribution in [0.2, 0.25) is 10.0 Å². The molecule has 3 N–H and O–H groups in total. The van der Waals surface area contributed by atoms with Crippen LogP contribution in [0, 0.1) is 18.6 Å². The number of methoxy groups -OCH3 is 2. The molecule has 0 spiro atoms. The summed E-state index contributed by atoms with van der Waals surface area (Å²) in [4.78, 5) is 31.7. The molecule has 9 rings (SSSR count). The number of amides is 1. The van der Waals surface area contributed by atoms with E-state index in [4.69, 9.17) is 46.7 Å². The van der Waals surface area contributed by atoms with Crippen molar-refractivity contribution in [3.05, 3.63) is 113 Å². The van der Waals surface area contributed by atoms with Crippen LogP contribution >= 0.6 is 23.2 Å². The van der Waals surface area contributed by atoms with Crippen molar-refractivity contribution >= 4 is 73.9 Å². The largest absolute Gasteiger partial charge is 0.493 e. The highest BCUT2D eigenvalue weighted by Crippen LogP contribution is 2.38. The van der Waals surface area contributed by atoms with Gasteiger partial charge in [0.15, 0.2) is 34.6 Å². The molecule has 3 aromatic heterocycles. The number of nitrogens with one attached hydrogen (secondary N) is 3. The number of nitrogens with zero attached hydrogens (tertiary/aromatic N) is 6. The van der Waals surface area contributed by atoms with E-state index in [9.17, 15) is 13.6 Å². The van der Waals surface area contributed by atoms with E-state index < -0.39 is 11.6 Å². The van der Waals surface area contributed by atoms with Gasteiger partial charge in [0.2, 0.25) is 0 Å². The molecular weight excluding hydrogens is 871 g/mol. The maximum Gasteiger partial charge on any atom is 0.259 e. The van der Waals surface area contributed by atoms with Crippen molar-refractivity contribution in [2.45, 2.75) is 44.8 Å². The van der Waals surface area contributed by atoms with Crippen LogP contribution in [0.25, 0.3) is 21.8 Å². The zero-order valence-corrected chi connectivity index (χ0v) is 36.5. The number of halogens is 4. The van der Waals surface area contributed by atoms with E-state index in [2.05, 4.69) is 41.0 Å². The van der Waals surface area contributed by atoms with Gasteiger partial charge in [0.05, 0.1) is 52.4 Å². The van der Waals surface area contributed by atoms with Gasteiger partial charge >= 0.3 is 0 Å². The number of aryl methyl sites for hydroxylation is 1. The molecule has 2 saturated heterocycles. The minimum atomic E-state index is -0.571. The maximum absolute atomic E-state index is 14.5. The summed E-state index contributed by atoms with van der Waals surface area (Å²) >= 11 is 11.8. The predicted molar refractivity (Wildman–Crippen MR) is 239 cm³/mol. The van der Waals surface area contributed by atoms with Crippen molar-refractivity contribution < 1.29 is 37.0 Å². The molecule has 19 heteroatoms. The number of ether oxygens (including phenoxy) is 4. The molecule has 332 valence electrons. The lowest BCUT2D eigenvalue weighted by Crippen LogP contribution is -2.41. The number of carbonyl (C=O) groups is 1. The van der Waals surface area contributed by atoms with Crippen molar-refractivity contribution in [2.75, 3.05) is 51.0 Å². The lowest BCUT2D eigenvalue weighted by atomic mass is 10.1. The van der Waals surface area contributed by atoms with Crippen LogP contribution in [0.15, 0.2) is 84.1 Å². The molecule has 0 aliphatic carbocycles. The van der Waals surface area contributed by atoms with Crippen LogP contribution in [0.1, 0.15) is 41.7 Å². The topological polar surface area (TPSA) is 171 Å². The number of likely N-dealkylation sites (tertiary alicyclic amines) is 1. The van der Waals surface area contributed by atoms with Crippen molar-refractivity contribution in [1.82, 2.24) is 35.3 Å². The molecule has 4 aromatic carbocycles.